The fourth-order valence-electron chi connectivity index (χ4n) is 4.40. The van der Waals surface area contributed by atoms with Gasteiger partial charge in [0.15, 0.2) is 5.11 Å². The summed E-state index contributed by atoms with van der Waals surface area (Å²) in [4.78, 5) is 1.15. The van der Waals surface area contributed by atoms with E-state index in [0.29, 0.717) is 5.11 Å². The van der Waals surface area contributed by atoms with Gasteiger partial charge in [0.25, 0.3) is 0 Å². The zero-order valence-electron chi connectivity index (χ0n) is 19.4. The molecule has 5 nitrogen and oxygen atoms in total. The summed E-state index contributed by atoms with van der Waals surface area (Å²) >= 11 is 7.60. The second-order valence-electron chi connectivity index (χ2n) is 8.46. The van der Waals surface area contributed by atoms with Crippen LogP contribution in [0.5, 0.6) is 0 Å². The molecule has 1 atom stereocenters. The summed E-state index contributed by atoms with van der Waals surface area (Å²) in [7, 11) is 0. The predicted molar refractivity (Wildman–Crippen MR) is 152 cm³/mol. The molecule has 0 amide bonds. The number of thiocarbonyl (C=S) groups is 1. The Balaban J connectivity index is 1.44. The summed E-state index contributed by atoms with van der Waals surface area (Å²) in [6, 6.07) is 34.6. The molecular formula is C29H23N5S2. The van der Waals surface area contributed by atoms with Crippen molar-refractivity contribution in [3.05, 3.63) is 125 Å². The van der Waals surface area contributed by atoms with Crippen molar-refractivity contribution in [2.75, 3.05) is 5.32 Å². The fraction of sp³-hybridized carbons (Fsp3) is 0.0690. The van der Waals surface area contributed by atoms with E-state index in [-0.39, 0.29) is 6.04 Å². The Morgan fingerprint density at radius 3 is 2.25 bits per heavy atom. The van der Waals surface area contributed by atoms with Crippen LogP contribution < -0.4 is 5.32 Å². The van der Waals surface area contributed by atoms with Crippen molar-refractivity contribution in [1.29, 1.82) is 0 Å². The molecule has 5 aromatic rings. The standard InChI is InChI=1S/C29H23N5S2/c35-29(30-22-13-6-2-7-14-22)34-26(19-25(31-34)27-17-10-18-36-27)24-20-33(23-15-8-3-9-16-23)32-28(24)21-11-4-1-5-12-21/h1-18,20,26H,19H2,(H,30,35)/t26-/m0/s1. The van der Waals surface area contributed by atoms with Crippen molar-refractivity contribution < 1.29 is 0 Å². The van der Waals surface area contributed by atoms with E-state index >= 15 is 0 Å². The van der Waals surface area contributed by atoms with E-state index in [4.69, 9.17) is 22.4 Å². The second kappa shape index (κ2) is 9.89. The quantitative estimate of drug-likeness (QED) is 0.258. The molecule has 2 aromatic heterocycles. The third-order valence-corrected chi connectivity index (χ3v) is 7.33. The molecule has 0 saturated heterocycles. The van der Waals surface area contributed by atoms with Crippen LogP contribution in [0.15, 0.2) is 120 Å². The van der Waals surface area contributed by atoms with Gasteiger partial charge in [-0.15, -0.1) is 11.3 Å². The normalized spacial score (nSPS) is 15.1. The van der Waals surface area contributed by atoms with Crippen molar-refractivity contribution in [2.24, 2.45) is 5.10 Å². The number of anilines is 1. The van der Waals surface area contributed by atoms with Crippen molar-refractivity contribution in [3.63, 3.8) is 0 Å². The third kappa shape index (κ3) is 4.46. The number of benzene rings is 3. The highest BCUT2D eigenvalue weighted by Gasteiger charge is 2.35. The van der Waals surface area contributed by atoms with Crippen LogP contribution in [0.4, 0.5) is 5.69 Å². The Morgan fingerprint density at radius 2 is 1.56 bits per heavy atom. The smallest absolute Gasteiger partial charge is 0.194 e. The van der Waals surface area contributed by atoms with Gasteiger partial charge >= 0.3 is 0 Å². The van der Waals surface area contributed by atoms with E-state index < -0.39 is 0 Å². The molecule has 36 heavy (non-hydrogen) atoms. The first-order valence-electron chi connectivity index (χ1n) is 11.7. The average Bonchev–Trinajstić information content (AvgIpc) is 3.70. The van der Waals surface area contributed by atoms with Gasteiger partial charge in [-0.1, -0.05) is 72.8 Å². The molecule has 0 spiro atoms. The number of thiophene rings is 1. The monoisotopic (exact) mass is 505 g/mol. The van der Waals surface area contributed by atoms with Gasteiger partial charge in [0.05, 0.1) is 28.0 Å². The summed E-state index contributed by atoms with van der Waals surface area (Å²) in [5.41, 5.74) is 6.05. The Bertz CT molecular complexity index is 1490. The number of para-hydroxylation sites is 2. The Morgan fingerprint density at radius 1 is 0.861 bits per heavy atom. The Kier molecular flexibility index (Phi) is 6.15. The first kappa shape index (κ1) is 22.4. The van der Waals surface area contributed by atoms with Gasteiger partial charge in [0, 0.05) is 29.4 Å². The van der Waals surface area contributed by atoms with Crippen molar-refractivity contribution in [2.45, 2.75) is 12.5 Å². The van der Waals surface area contributed by atoms with Gasteiger partial charge < -0.3 is 5.32 Å². The molecule has 3 heterocycles. The van der Waals surface area contributed by atoms with Crippen LogP contribution in [0.1, 0.15) is 22.9 Å². The second-order valence-corrected chi connectivity index (χ2v) is 9.80. The minimum atomic E-state index is -0.0986. The first-order chi connectivity index (χ1) is 17.8. The van der Waals surface area contributed by atoms with Gasteiger partial charge in [-0.3, -0.25) is 0 Å². The summed E-state index contributed by atoms with van der Waals surface area (Å²) in [6.07, 6.45) is 2.85. The van der Waals surface area contributed by atoms with Crippen molar-refractivity contribution in [1.82, 2.24) is 14.8 Å². The zero-order valence-corrected chi connectivity index (χ0v) is 21.0. The molecule has 0 saturated carbocycles. The fourth-order valence-corrected chi connectivity index (χ4v) is 5.41. The molecule has 7 heteroatoms. The number of hydrogen-bond donors (Lipinski definition) is 1. The lowest BCUT2D eigenvalue weighted by Gasteiger charge is -2.24. The van der Waals surface area contributed by atoms with Crippen LogP contribution in [-0.4, -0.2) is 25.6 Å². The van der Waals surface area contributed by atoms with Gasteiger partial charge in [0.1, 0.15) is 0 Å². The topological polar surface area (TPSA) is 45.5 Å². The minimum absolute atomic E-state index is 0.0986. The lowest BCUT2D eigenvalue weighted by Crippen LogP contribution is -2.31. The molecule has 3 aromatic carbocycles. The van der Waals surface area contributed by atoms with Crippen LogP contribution in [-0.2, 0) is 0 Å². The molecule has 1 N–H and O–H groups in total. The lowest BCUT2D eigenvalue weighted by atomic mass is 9.98. The highest BCUT2D eigenvalue weighted by molar-refractivity contribution is 7.80. The number of hydrazone groups is 1. The summed E-state index contributed by atoms with van der Waals surface area (Å²) < 4.78 is 1.95. The SMILES string of the molecule is S=C(Nc1ccccc1)N1N=C(c2cccs2)C[C@H]1c1cn(-c2ccccc2)nc1-c1ccccc1. The van der Waals surface area contributed by atoms with Crippen LogP contribution in [0, 0.1) is 0 Å². The summed E-state index contributed by atoms with van der Waals surface area (Å²) in [6.45, 7) is 0. The highest BCUT2D eigenvalue weighted by atomic mass is 32.1. The molecular weight excluding hydrogens is 482 g/mol. The van der Waals surface area contributed by atoms with Crippen molar-refractivity contribution in [3.8, 4) is 16.9 Å². The van der Waals surface area contributed by atoms with Crippen molar-refractivity contribution >= 4 is 40.1 Å². The van der Waals surface area contributed by atoms with Gasteiger partial charge in [-0.25, -0.2) is 9.69 Å². The largest absolute Gasteiger partial charge is 0.331 e. The lowest BCUT2D eigenvalue weighted by molar-refractivity contribution is 0.376. The van der Waals surface area contributed by atoms with E-state index in [1.165, 1.54) is 0 Å². The minimum Gasteiger partial charge on any atom is -0.331 e. The van der Waals surface area contributed by atoms with Gasteiger partial charge in [-0.05, 0) is 47.9 Å². The first-order valence-corrected chi connectivity index (χ1v) is 13.0. The molecule has 176 valence electrons. The Hall–Kier alpha value is -4.07. The maximum absolute atomic E-state index is 5.90. The molecule has 1 aliphatic heterocycles. The molecule has 6 rings (SSSR count). The van der Waals surface area contributed by atoms with Crippen LogP contribution in [0.3, 0.4) is 0 Å². The van der Waals surface area contributed by atoms with E-state index in [0.717, 1.165) is 45.2 Å². The van der Waals surface area contributed by atoms with Crippen LogP contribution in [0.25, 0.3) is 16.9 Å². The van der Waals surface area contributed by atoms with Crippen LogP contribution >= 0.6 is 23.6 Å². The Labute approximate surface area is 219 Å². The maximum Gasteiger partial charge on any atom is 0.194 e. The van der Waals surface area contributed by atoms with Gasteiger partial charge in [0.2, 0.25) is 0 Å². The van der Waals surface area contributed by atoms with Gasteiger partial charge in [-0.2, -0.15) is 10.2 Å². The van der Waals surface area contributed by atoms with E-state index in [1.807, 2.05) is 76.4 Å². The summed E-state index contributed by atoms with van der Waals surface area (Å²) in [5, 5.41) is 18.0. The summed E-state index contributed by atoms with van der Waals surface area (Å²) in [5.74, 6) is 0. The van der Waals surface area contributed by atoms with Crippen LogP contribution in [0.2, 0.25) is 0 Å². The molecule has 0 unspecified atom stereocenters. The number of aromatic nitrogens is 2. The molecule has 0 fully saturated rings. The van der Waals surface area contributed by atoms with E-state index in [1.54, 1.807) is 11.3 Å². The maximum atomic E-state index is 5.90. The molecule has 0 radical (unpaired) electrons. The van der Waals surface area contributed by atoms with E-state index in [2.05, 4.69) is 53.3 Å². The molecule has 1 aliphatic rings. The zero-order chi connectivity index (χ0) is 24.3. The average molecular weight is 506 g/mol. The highest BCUT2D eigenvalue weighted by Crippen LogP contribution is 2.39. The van der Waals surface area contributed by atoms with E-state index in [9.17, 15) is 0 Å². The number of nitrogens with one attached hydrogen (secondary N) is 1. The number of nitrogens with zero attached hydrogens (tertiary/aromatic N) is 4. The number of hydrogen-bond acceptors (Lipinski definition) is 4. The number of rotatable bonds is 5. The molecule has 0 aliphatic carbocycles. The molecule has 0 bridgehead atoms. The predicted octanol–water partition coefficient (Wildman–Crippen LogP) is 7.15. The third-order valence-electron chi connectivity index (χ3n) is 6.12.